The maximum absolute atomic E-state index is 12.5. The highest BCUT2D eigenvalue weighted by Gasteiger charge is 2.30. The molecule has 0 saturated heterocycles. The third-order valence-electron chi connectivity index (χ3n) is 3.40. The highest BCUT2D eigenvalue weighted by Crippen LogP contribution is 2.32. The number of hydrogen-bond donors (Lipinski definition) is 2. The van der Waals surface area contributed by atoms with Gasteiger partial charge in [-0.25, -0.2) is 0 Å². The van der Waals surface area contributed by atoms with Gasteiger partial charge in [-0.1, -0.05) is 39.5 Å². The Morgan fingerprint density at radius 1 is 1.10 bits per heavy atom. The smallest absolute Gasteiger partial charge is 0.397 e. The normalized spacial score (nSPS) is 11.9. The molecule has 1 aromatic rings. The van der Waals surface area contributed by atoms with Crippen LogP contribution in [0.15, 0.2) is 18.2 Å². The topological polar surface area (TPSA) is 38.0 Å². The summed E-state index contributed by atoms with van der Waals surface area (Å²) in [7, 11) is 0. The fourth-order valence-electron chi connectivity index (χ4n) is 2.15. The van der Waals surface area contributed by atoms with Gasteiger partial charge in [0.1, 0.15) is 0 Å². The third kappa shape index (κ3) is 6.74. The van der Waals surface area contributed by atoms with Gasteiger partial charge in [0.05, 0.1) is 16.9 Å². The molecule has 0 aliphatic heterocycles. The van der Waals surface area contributed by atoms with Crippen LogP contribution in [-0.4, -0.2) is 6.54 Å². The van der Waals surface area contributed by atoms with Crippen molar-refractivity contribution in [3.05, 3.63) is 23.8 Å². The summed E-state index contributed by atoms with van der Waals surface area (Å²) in [5.74, 6) is 0.745. The van der Waals surface area contributed by atoms with Gasteiger partial charge >= 0.3 is 6.18 Å². The van der Waals surface area contributed by atoms with Gasteiger partial charge in [-0.15, -0.1) is 0 Å². The molecule has 0 aromatic heterocycles. The molecular formula is C16H25F3N2. The molecule has 3 N–H and O–H groups in total. The Bertz CT molecular complexity index is 428. The summed E-state index contributed by atoms with van der Waals surface area (Å²) in [6.45, 7) is 5.17. The number of nitrogens with two attached hydrogens (primary N) is 1. The second-order valence-corrected chi connectivity index (χ2v) is 5.82. The number of nitrogen functional groups attached to an aromatic ring is 1. The van der Waals surface area contributed by atoms with Crippen LogP contribution < -0.4 is 11.1 Å². The molecule has 0 spiro atoms. The molecule has 0 aliphatic rings. The van der Waals surface area contributed by atoms with Gasteiger partial charge in [-0.05, 0) is 30.5 Å². The van der Waals surface area contributed by atoms with Gasteiger partial charge in [0.15, 0.2) is 0 Å². The predicted octanol–water partition coefficient (Wildman–Crippen LogP) is 5.31. The standard InChI is InChI=1S/C16H25F3N2/c1-12(2)7-5-3-4-6-10-21-15-9-8-13(11-14(15)20)16(17,18)19/h8-9,11-12,21H,3-7,10,20H2,1-2H3. The maximum atomic E-state index is 12.5. The lowest BCUT2D eigenvalue weighted by atomic mass is 10.0. The van der Waals surface area contributed by atoms with Gasteiger partial charge in [0.25, 0.3) is 0 Å². The van der Waals surface area contributed by atoms with E-state index in [4.69, 9.17) is 5.73 Å². The Kier molecular flexibility index (Phi) is 6.85. The van der Waals surface area contributed by atoms with Crippen molar-refractivity contribution < 1.29 is 13.2 Å². The van der Waals surface area contributed by atoms with Crippen LogP contribution in [0.2, 0.25) is 0 Å². The summed E-state index contributed by atoms with van der Waals surface area (Å²) in [4.78, 5) is 0. The van der Waals surface area contributed by atoms with E-state index in [1.165, 1.54) is 25.3 Å². The Morgan fingerprint density at radius 3 is 2.33 bits per heavy atom. The molecule has 120 valence electrons. The molecule has 1 aromatic carbocycles. The van der Waals surface area contributed by atoms with Crippen LogP contribution in [-0.2, 0) is 6.18 Å². The minimum absolute atomic E-state index is 0.143. The Labute approximate surface area is 124 Å². The molecule has 0 saturated carbocycles. The molecule has 0 radical (unpaired) electrons. The van der Waals surface area contributed by atoms with Crippen LogP contribution in [0, 0.1) is 5.92 Å². The molecule has 0 atom stereocenters. The first-order valence-electron chi connectivity index (χ1n) is 7.51. The van der Waals surface area contributed by atoms with Crippen LogP contribution in [0.3, 0.4) is 0 Å². The van der Waals surface area contributed by atoms with Crippen LogP contribution in [0.5, 0.6) is 0 Å². The van der Waals surface area contributed by atoms with Crippen molar-refractivity contribution in [2.45, 2.75) is 52.1 Å². The molecule has 2 nitrogen and oxygen atoms in total. The van der Waals surface area contributed by atoms with E-state index in [0.29, 0.717) is 5.69 Å². The summed E-state index contributed by atoms with van der Waals surface area (Å²) in [5, 5.41) is 3.10. The first kappa shape index (κ1) is 17.7. The Hall–Kier alpha value is -1.39. The summed E-state index contributed by atoms with van der Waals surface area (Å²) < 4.78 is 37.5. The predicted molar refractivity (Wildman–Crippen MR) is 82.3 cm³/mol. The zero-order valence-electron chi connectivity index (χ0n) is 12.8. The van der Waals surface area contributed by atoms with E-state index in [9.17, 15) is 13.2 Å². The van der Waals surface area contributed by atoms with E-state index >= 15 is 0 Å². The lowest BCUT2D eigenvalue weighted by molar-refractivity contribution is -0.137. The second kappa shape index (κ2) is 8.15. The Morgan fingerprint density at radius 2 is 1.76 bits per heavy atom. The summed E-state index contributed by atoms with van der Waals surface area (Å²) >= 11 is 0. The molecule has 0 aliphatic carbocycles. The summed E-state index contributed by atoms with van der Waals surface area (Å²) in [6, 6.07) is 3.43. The van der Waals surface area contributed by atoms with E-state index in [1.807, 2.05) is 0 Å². The van der Waals surface area contributed by atoms with Crippen molar-refractivity contribution in [3.63, 3.8) is 0 Å². The summed E-state index contributed by atoms with van der Waals surface area (Å²) in [6.07, 6.45) is 1.46. The molecule has 0 heterocycles. The van der Waals surface area contributed by atoms with Crippen molar-refractivity contribution in [1.29, 1.82) is 0 Å². The van der Waals surface area contributed by atoms with Crippen LogP contribution in [0.25, 0.3) is 0 Å². The Balaban J connectivity index is 2.30. The van der Waals surface area contributed by atoms with Crippen molar-refractivity contribution in [1.82, 2.24) is 0 Å². The number of alkyl halides is 3. The van der Waals surface area contributed by atoms with Crippen LogP contribution in [0.4, 0.5) is 24.5 Å². The first-order chi connectivity index (χ1) is 9.80. The molecule has 0 bridgehead atoms. The van der Waals surface area contributed by atoms with E-state index in [1.54, 1.807) is 0 Å². The zero-order chi connectivity index (χ0) is 15.9. The van der Waals surface area contributed by atoms with Crippen LogP contribution in [0.1, 0.15) is 51.5 Å². The number of rotatable bonds is 8. The molecule has 0 fully saturated rings. The van der Waals surface area contributed by atoms with E-state index < -0.39 is 11.7 Å². The quantitative estimate of drug-likeness (QED) is 0.504. The largest absolute Gasteiger partial charge is 0.416 e. The average Bonchev–Trinajstić information content (AvgIpc) is 2.37. The van der Waals surface area contributed by atoms with Crippen molar-refractivity contribution in [2.24, 2.45) is 5.92 Å². The molecule has 0 amide bonds. The van der Waals surface area contributed by atoms with E-state index in [2.05, 4.69) is 19.2 Å². The molecule has 0 unspecified atom stereocenters. The lowest BCUT2D eigenvalue weighted by Gasteiger charge is -2.12. The second-order valence-electron chi connectivity index (χ2n) is 5.82. The van der Waals surface area contributed by atoms with Crippen LogP contribution >= 0.6 is 0 Å². The summed E-state index contributed by atoms with van der Waals surface area (Å²) in [5.41, 5.74) is 5.66. The van der Waals surface area contributed by atoms with E-state index in [0.717, 1.165) is 37.4 Å². The highest BCUT2D eigenvalue weighted by molar-refractivity contribution is 5.67. The fourth-order valence-corrected chi connectivity index (χ4v) is 2.15. The number of hydrogen-bond acceptors (Lipinski definition) is 2. The molecule has 1 rings (SSSR count). The maximum Gasteiger partial charge on any atom is 0.416 e. The molecular weight excluding hydrogens is 277 g/mol. The van der Waals surface area contributed by atoms with Gasteiger partial charge in [-0.2, -0.15) is 13.2 Å². The molecule has 21 heavy (non-hydrogen) atoms. The van der Waals surface area contributed by atoms with Crippen molar-refractivity contribution in [2.75, 3.05) is 17.6 Å². The number of anilines is 2. The van der Waals surface area contributed by atoms with Gasteiger partial charge < -0.3 is 11.1 Å². The SMILES string of the molecule is CC(C)CCCCCCNc1ccc(C(F)(F)F)cc1N. The lowest BCUT2D eigenvalue weighted by Crippen LogP contribution is -2.08. The van der Waals surface area contributed by atoms with Gasteiger partial charge in [0, 0.05) is 6.54 Å². The first-order valence-corrected chi connectivity index (χ1v) is 7.51. The molecule has 5 heteroatoms. The van der Waals surface area contributed by atoms with Gasteiger partial charge in [0.2, 0.25) is 0 Å². The highest BCUT2D eigenvalue weighted by atomic mass is 19.4. The van der Waals surface area contributed by atoms with Crippen molar-refractivity contribution in [3.8, 4) is 0 Å². The number of benzene rings is 1. The monoisotopic (exact) mass is 302 g/mol. The number of halogens is 3. The number of nitrogens with one attached hydrogen (secondary N) is 1. The fraction of sp³-hybridized carbons (Fsp3) is 0.625. The minimum Gasteiger partial charge on any atom is -0.397 e. The average molecular weight is 302 g/mol. The third-order valence-corrected chi connectivity index (χ3v) is 3.40. The minimum atomic E-state index is -4.34. The van der Waals surface area contributed by atoms with Gasteiger partial charge in [-0.3, -0.25) is 0 Å². The van der Waals surface area contributed by atoms with E-state index in [-0.39, 0.29) is 5.69 Å². The van der Waals surface area contributed by atoms with Crippen molar-refractivity contribution >= 4 is 11.4 Å². The zero-order valence-corrected chi connectivity index (χ0v) is 12.8. The number of unbranched alkanes of at least 4 members (excludes halogenated alkanes) is 3.